The molecule has 0 bridgehead atoms. The number of carbonyl (C=O) groups is 2. The number of amides is 3. The topological polar surface area (TPSA) is 120 Å². The second kappa shape index (κ2) is 11.3. The second-order valence-electron chi connectivity index (χ2n) is 7.15. The van der Waals surface area contributed by atoms with Crippen molar-refractivity contribution in [1.82, 2.24) is 15.1 Å². The van der Waals surface area contributed by atoms with E-state index in [2.05, 4.69) is 15.5 Å². The van der Waals surface area contributed by atoms with Gasteiger partial charge in [0, 0.05) is 30.0 Å². The van der Waals surface area contributed by atoms with Gasteiger partial charge in [-0.25, -0.2) is 14.5 Å². The molecule has 1 fully saturated rings. The summed E-state index contributed by atoms with van der Waals surface area (Å²) in [4.78, 5) is 27.8. The SMILES string of the molecule is CCCC[S+]([O-])c1nnc(N2C(=O)N(C)CC2OC(=O)Nc2cccc(OCCC)c2)s1. The first-order valence-electron chi connectivity index (χ1n) is 10.4. The number of hydrogen-bond donors (Lipinski definition) is 1. The summed E-state index contributed by atoms with van der Waals surface area (Å²) in [5, 5.41) is 10.9. The van der Waals surface area contributed by atoms with Gasteiger partial charge in [-0.1, -0.05) is 31.4 Å². The van der Waals surface area contributed by atoms with Gasteiger partial charge in [0.25, 0.3) is 0 Å². The highest BCUT2D eigenvalue weighted by molar-refractivity contribution is 7.93. The predicted octanol–water partition coefficient (Wildman–Crippen LogP) is 3.68. The van der Waals surface area contributed by atoms with Crippen molar-refractivity contribution in [2.45, 2.75) is 43.7 Å². The van der Waals surface area contributed by atoms with Crippen molar-refractivity contribution >= 4 is 45.5 Å². The van der Waals surface area contributed by atoms with Crippen molar-refractivity contribution in [3.63, 3.8) is 0 Å². The third kappa shape index (κ3) is 6.02. The van der Waals surface area contributed by atoms with Gasteiger partial charge in [-0.2, -0.15) is 0 Å². The van der Waals surface area contributed by atoms with Crippen LogP contribution >= 0.6 is 11.3 Å². The molecule has 3 amide bonds. The van der Waals surface area contributed by atoms with E-state index in [0.717, 1.165) is 30.6 Å². The molecule has 1 saturated heterocycles. The van der Waals surface area contributed by atoms with E-state index in [9.17, 15) is 14.1 Å². The molecule has 0 spiro atoms. The van der Waals surface area contributed by atoms with Gasteiger partial charge in [0.15, 0.2) is 0 Å². The molecule has 3 rings (SSSR count). The van der Waals surface area contributed by atoms with Crippen LogP contribution in [0.2, 0.25) is 0 Å². The third-order valence-electron chi connectivity index (χ3n) is 4.53. The molecule has 32 heavy (non-hydrogen) atoms. The number of benzene rings is 1. The molecule has 12 heteroatoms. The van der Waals surface area contributed by atoms with Crippen molar-refractivity contribution in [3.05, 3.63) is 24.3 Å². The lowest BCUT2D eigenvalue weighted by Gasteiger charge is -2.20. The smallest absolute Gasteiger partial charge is 0.413 e. The first-order valence-corrected chi connectivity index (χ1v) is 12.5. The number of hydrogen-bond acceptors (Lipinski definition) is 8. The Hall–Kier alpha value is -2.57. The average molecular weight is 482 g/mol. The predicted molar refractivity (Wildman–Crippen MR) is 123 cm³/mol. The van der Waals surface area contributed by atoms with Crippen LogP contribution < -0.4 is 15.0 Å². The van der Waals surface area contributed by atoms with Crippen LogP contribution in [0.5, 0.6) is 5.75 Å². The van der Waals surface area contributed by atoms with Crippen LogP contribution in [0.25, 0.3) is 0 Å². The Morgan fingerprint density at radius 3 is 2.91 bits per heavy atom. The molecule has 1 aliphatic rings. The first kappa shape index (κ1) is 24.1. The molecule has 0 aliphatic carbocycles. The van der Waals surface area contributed by atoms with E-state index in [-0.39, 0.29) is 17.7 Å². The normalized spacial score (nSPS) is 16.9. The summed E-state index contributed by atoms with van der Waals surface area (Å²) >= 11 is -0.208. The molecule has 2 unspecified atom stereocenters. The first-order chi connectivity index (χ1) is 15.4. The van der Waals surface area contributed by atoms with E-state index < -0.39 is 23.5 Å². The van der Waals surface area contributed by atoms with Crippen LogP contribution in [-0.2, 0) is 15.9 Å². The van der Waals surface area contributed by atoms with E-state index >= 15 is 0 Å². The van der Waals surface area contributed by atoms with E-state index in [1.165, 1.54) is 9.80 Å². The summed E-state index contributed by atoms with van der Waals surface area (Å²) in [6.45, 7) is 4.77. The Morgan fingerprint density at radius 1 is 1.34 bits per heavy atom. The molecule has 0 radical (unpaired) electrons. The Labute approximate surface area is 194 Å². The number of unbranched alkanes of at least 4 members (excludes halogenated alkanes) is 1. The maximum atomic E-state index is 12.6. The Balaban J connectivity index is 1.67. The number of urea groups is 1. The monoisotopic (exact) mass is 481 g/mol. The zero-order valence-corrected chi connectivity index (χ0v) is 19.9. The average Bonchev–Trinajstić information content (AvgIpc) is 3.35. The summed E-state index contributed by atoms with van der Waals surface area (Å²) in [6, 6.07) is 6.60. The van der Waals surface area contributed by atoms with Crippen LogP contribution in [0.4, 0.5) is 20.4 Å². The molecular weight excluding hydrogens is 454 g/mol. The highest BCUT2D eigenvalue weighted by Crippen LogP contribution is 2.30. The van der Waals surface area contributed by atoms with Gasteiger partial charge >= 0.3 is 16.5 Å². The maximum Gasteiger partial charge on any atom is 0.413 e. The standard InChI is InChI=1S/C20H27N5O5S2/c1-4-6-11-32(28)19-23-22-17(31-19)25-16(13-24(3)20(25)27)30-18(26)21-14-8-7-9-15(12-14)29-10-5-2/h7-9,12,16H,4-6,10-11,13H2,1-3H3,(H,21,26). The fourth-order valence-electron chi connectivity index (χ4n) is 2.91. The van der Waals surface area contributed by atoms with Crippen LogP contribution in [0.3, 0.4) is 0 Å². The molecule has 174 valence electrons. The van der Waals surface area contributed by atoms with Crippen molar-refractivity contribution in [3.8, 4) is 5.75 Å². The van der Waals surface area contributed by atoms with Crippen molar-refractivity contribution in [2.24, 2.45) is 0 Å². The van der Waals surface area contributed by atoms with Gasteiger partial charge < -0.3 is 18.9 Å². The van der Waals surface area contributed by atoms with Crippen LogP contribution in [0.1, 0.15) is 33.1 Å². The maximum absolute atomic E-state index is 12.6. The third-order valence-corrected chi connectivity index (χ3v) is 7.18. The number of carbonyl (C=O) groups excluding carboxylic acids is 2. The zero-order chi connectivity index (χ0) is 23.1. The zero-order valence-electron chi connectivity index (χ0n) is 18.3. The van der Waals surface area contributed by atoms with E-state index in [0.29, 0.717) is 28.1 Å². The summed E-state index contributed by atoms with van der Waals surface area (Å²) < 4.78 is 23.8. The lowest BCUT2D eigenvalue weighted by Crippen LogP contribution is -2.38. The largest absolute Gasteiger partial charge is 0.610 e. The molecular formula is C20H27N5O5S2. The minimum absolute atomic E-state index is 0.166. The van der Waals surface area contributed by atoms with Crippen molar-refractivity contribution in [1.29, 1.82) is 0 Å². The fourth-order valence-corrected chi connectivity index (χ4v) is 5.22. The molecule has 1 aromatic carbocycles. The number of ether oxygens (including phenoxy) is 2. The van der Waals surface area contributed by atoms with Crippen LogP contribution in [0.15, 0.2) is 28.6 Å². The lowest BCUT2D eigenvalue weighted by atomic mass is 10.3. The number of anilines is 2. The van der Waals surface area contributed by atoms with E-state index in [1.54, 1.807) is 31.3 Å². The number of nitrogens with zero attached hydrogens (tertiary/aromatic N) is 4. The molecule has 1 N–H and O–H groups in total. The summed E-state index contributed by atoms with van der Waals surface area (Å²) in [5.74, 6) is 1.13. The second-order valence-corrected chi connectivity index (χ2v) is 9.85. The Bertz CT molecular complexity index is 927. The summed E-state index contributed by atoms with van der Waals surface area (Å²) in [7, 11) is 1.60. The van der Waals surface area contributed by atoms with Gasteiger partial charge in [-0.3, -0.25) is 5.32 Å². The molecule has 2 heterocycles. The lowest BCUT2D eigenvalue weighted by molar-refractivity contribution is 0.116. The van der Waals surface area contributed by atoms with Crippen LogP contribution in [0, 0.1) is 0 Å². The molecule has 10 nitrogen and oxygen atoms in total. The molecule has 1 aliphatic heterocycles. The van der Waals surface area contributed by atoms with Gasteiger partial charge in [-0.05, 0) is 36.3 Å². The number of rotatable bonds is 10. The number of aromatic nitrogens is 2. The van der Waals surface area contributed by atoms with Gasteiger partial charge in [-0.15, -0.1) is 5.10 Å². The fraction of sp³-hybridized carbons (Fsp3) is 0.500. The molecule has 1 aromatic heterocycles. The number of likely N-dealkylation sites (N-methyl/N-ethyl adjacent to an activating group) is 1. The molecule has 2 atom stereocenters. The number of nitrogens with one attached hydrogen (secondary N) is 1. The van der Waals surface area contributed by atoms with Gasteiger partial charge in [0.2, 0.25) is 11.4 Å². The Morgan fingerprint density at radius 2 is 2.16 bits per heavy atom. The Kier molecular flexibility index (Phi) is 8.53. The van der Waals surface area contributed by atoms with E-state index in [1.807, 2.05) is 13.8 Å². The molecule has 2 aromatic rings. The van der Waals surface area contributed by atoms with Crippen molar-refractivity contribution in [2.75, 3.05) is 36.2 Å². The quantitative estimate of drug-likeness (QED) is 0.406. The van der Waals surface area contributed by atoms with Crippen LogP contribution in [-0.4, -0.2) is 64.0 Å². The highest BCUT2D eigenvalue weighted by atomic mass is 32.2. The highest BCUT2D eigenvalue weighted by Gasteiger charge is 2.41. The summed E-state index contributed by atoms with van der Waals surface area (Å²) in [5.41, 5.74) is 0.511. The summed E-state index contributed by atoms with van der Waals surface area (Å²) in [6.07, 6.45) is 0.997. The minimum atomic E-state index is -1.27. The van der Waals surface area contributed by atoms with Crippen molar-refractivity contribution < 1.29 is 23.6 Å². The minimum Gasteiger partial charge on any atom is -0.610 e. The van der Waals surface area contributed by atoms with E-state index in [4.69, 9.17) is 9.47 Å². The molecule has 0 saturated carbocycles. The van der Waals surface area contributed by atoms with Gasteiger partial charge in [0.05, 0.1) is 13.2 Å². The van der Waals surface area contributed by atoms with Gasteiger partial charge in [0.1, 0.15) is 11.5 Å².